The van der Waals surface area contributed by atoms with Crippen LogP contribution in [0.2, 0.25) is 0 Å². The quantitative estimate of drug-likeness (QED) is 0.391. The van der Waals surface area contributed by atoms with Gasteiger partial charge >= 0.3 is 0 Å². The molecule has 0 unspecified atom stereocenters. The van der Waals surface area contributed by atoms with Gasteiger partial charge in [0.1, 0.15) is 0 Å². The average molecular weight is 258 g/mol. The minimum absolute atomic E-state index is 0.333. The van der Waals surface area contributed by atoms with Crippen molar-refractivity contribution in [2.75, 3.05) is 33.8 Å². The summed E-state index contributed by atoms with van der Waals surface area (Å²) >= 11 is 0. The van der Waals surface area contributed by atoms with E-state index in [9.17, 15) is 0 Å². The number of hydrogen-bond donors (Lipinski definition) is 1. The highest BCUT2D eigenvalue weighted by atomic mass is 16.3. The van der Waals surface area contributed by atoms with E-state index in [-0.39, 0.29) is 0 Å². The van der Waals surface area contributed by atoms with Crippen molar-refractivity contribution < 1.29 is 9.59 Å². The van der Waals surface area contributed by atoms with Crippen molar-refractivity contribution in [3.63, 3.8) is 0 Å². The van der Waals surface area contributed by atoms with E-state index in [0.717, 1.165) is 17.4 Å². The van der Waals surface area contributed by atoms with Gasteiger partial charge in [-0.25, -0.2) is 0 Å². The second-order valence-electron chi connectivity index (χ2n) is 6.29. The molecule has 0 amide bonds. The van der Waals surface area contributed by atoms with Gasteiger partial charge in [-0.05, 0) is 12.8 Å². The number of quaternary nitrogens is 1. The van der Waals surface area contributed by atoms with Crippen LogP contribution < -0.4 is 0 Å². The monoisotopic (exact) mass is 258 g/mol. The van der Waals surface area contributed by atoms with Gasteiger partial charge in [-0.1, -0.05) is 51.9 Å². The molecule has 0 bridgehead atoms. The summed E-state index contributed by atoms with van der Waals surface area (Å²) in [7, 11) is 4.56. The lowest BCUT2D eigenvalue weighted by Gasteiger charge is -2.29. The average Bonchev–Trinajstić information content (AvgIpc) is 2.34. The van der Waals surface area contributed by atoms with Gasteiger partial charge in [-0.2, -0.15) is 0 Å². The fraction of sp³-hybridized carbons (Fsp3) is 1.00. The smallest absolute Gasteiger partial charge is 0.0804 e. The largest absolute Gasteiger partial charge is 0.396 e. The van der Waals surface area contributed by atoms with Crippen LogP contribution in [0.5, 0.6) is 0 Å². The van der Waals surface area contributed by atoms with Crippen LogP contribution in [0.1, 0.15) is 71.1 Å². The molecular formula is C16H36NO+. The van der Waals surface area contributed by atoms with Crippen LogP contribution in [0.4, 0.5) is 0 Å². The molecule has 0 radical (unpaired) electrons. The summed E-state index contributed by atoms with van der Waals surface area (Å²) < 4.78 is 1.07. The molecule has 0 rings (SSSR count). The third-order valence-corrected chi connectivity index (χ3v) is 3.79. The first kappa shape index (κ1) is 17.9. The fourth-order valence-corrected chi connectivity index (χ4v) is 2.46. The predicted molar refractivity (Wildman–Crippen MR) is 80.8 cm³/mol. The molecule has 0 aliphatic heterocycles. The maximum atomic E-state index is 8.85. The van der Waals surface area contributed by atoms with Crippen LogP contribution in [0.3, 0.4) is 0 Å². The molecule has 0 atom stereocenters. The van der Waals surface area contributed by atoms with Gasteiger partial charge in [0, 0.05) is 13.0 Å². The molecule has 0 aliphatic rings. The molecule has 0 spiro atoms. The van der Waals surface area contributed by atoms with Crippen molar-refractivity contribution in [1.82, 2.24) is 0 Å². The van der Waals surface area contributed by atoms with Crippen LogP contribution in [0.25, 0.3) is 0 Å². The van der Waals surface area contributed by atoms with Crippen LogP contribution in [-0.4, -0.2) is 43.4 Å². The van der Waals surface area contributed by atoms with Crippen LogP contribution in [0, 0.1) is 0 Å². The highest BCUT2D eigenvalue weighted by Gasteiger charge is 2.12. The summed E-state index contributed by atoms with van der Waals surface area (Å²) in [4.78, 5) is 0. The van der Waals surface area contributed by atoms with Crippen molar-refractivity contribution in [3.8, 4) is 0 Å². The number of hydrogen-bond acceptors (Lipinski definition) is 1. The second kappa shape index (κ2) is 12.0. The summed E-state index contributed by atoms with van der Waals surface area (Å²) in [6, 6.07) is 0. The number of unbranched alkanes of at least 4 members (excludes halogenated alkanes) is 8. The Balaban J connectivity index is 3.23. The molecule has 0 aliphatic carbocycles. The lowest BCUT2D eigenvalue weighted by molar-refractivity contribution is -0.890. The molecule has 0 heterocycles. The molecule has 0 saturated carbocycles. The third kappa shape index (κ3) is 12.4. The predicted octanol–water partition coefficient (Wildman–Crippen LogP) is 3.98. The van der Waals surface area contributed by atoms with E-state index in [1.54, 1.807) is 0 Å². The minimum Gasteiger partial charge on any atom is -0.396 e. The number of nitrogens with zero attached hydrogens (tertiary/aromatic N) is 1. The zero-order chi connectivity index (χ0) is 13.7. The second-order valence-corrected chi connectivity index (χ2v) is 6.29. The summed E-state index contributed by atoms with van der Waals surface area (Å²) in [6.07, 6.45) is 13.6. The normalized spacial score (nSPS) is 12.0. The lowest BCUT2D eigenvalue weighted by atomic mass is 10.1. The van der Waals surface area contributed by atoms with Gasteiger partial charge in [0.2, 0.25) is 0 Å². The summed E-state index contributed by atoms with van der Waals surface area (Å²) in [6.45, 7) is 4.97. The maximum Gasteiger partial charge on any atom is 0.0804 e. The van der Waals surface area contributed by atoms with Gasteiger partial charge in [-0.3, -0.25) is 0 Å². The molecule has 2 heteroatoms. The maximum absolute atomic E-state index is 8.85. The zero-order valence-electron chi connectivity index (χ0n) is 13.1. The molecule has 0 aromatic heterocycles. The Bertz CT molecular complexity index is 168. The first-order valence-corrected chi connectivity index (χ1v) is 8.05. The summed E-state index contributed by atoms with van der Waals surface area (Å²) in [5.74, 6) is 0. The molecule has 1 N–H and O–H groups in total. The Labute approximate surface area is 115 Å². The Hall–Kier alpha value is -0.0800. The minimum atomic E-state index is 0.333. The van der Waals surface area contributed by atoms with Crippen molar-refractivity contribution in [2.45, 2.75) is 71.1 Å². The highest BCUT2D eigenvalue weighted by molar-refractivity contribution is 4.47. The van der Waals surface area contributed by atoms with Gasteiger partial charge in [0.15, 0.2) is 0 Å². The topological polar surface area (TPSA) is 20.2 Å². The van der Waals surface area contributed by atoms with E-state index in [4.69, 9.17) is 5.11 Å². The van der Waals surface area contributed by atoms with Gasteiger partial charge in [0.05, 0.1) is 27.2 Å². The van der Waals surface area contributed by atoms with Crippen molar-refractivity contribution in [2.24, 2.45) is 0 Å². The van der Waals surface area contributed by atoms with Gasteiger partial charge in [0.25, 0.3) is 0 Å². The Kier molecular flexibility index (Phi) is 11.9. The van der Waals surface area contributed by atoms with Gasteiger partial charge < -0.3 is 9.59 Å². The molecule has 0 aromatic rings. The highest BCUT2D eigenvalue weighted by Crippen LogP contribution is 2.11. The third-order valence-electron chi connectivity index (χ3n) is 3.79. The number of rotatable bonds is 13. The molecule has 0 fully saturated rings. The van der Waals surface area contributed by atoms with E-state index >= 15 is 0 Å². The van der Waals surface area contributed by atoms with E-state index in [1.807, 2.05) is 0 Å². The van der Waals surface area contributed by atoms with Crippen LogP contribution in [0.15, 0.2) is 0 Å². The molecule has 0 saturated heterocycles. The molecule has 110 valence electrons. The number of aliphatic hydroxyl groups is 1. The summed E-state index contributed by atoms with van der Waals surface area (Å²) in [5.41, 5.74) is 0. The van der Waals surface area contributed by atoms with Crippen LogP contribution in [-0.2, 0) is 0 Å². The molecule has 18 heavy (non-hydrogen) atoms. The molecular weight excluding hydrogens is 222 g/mol. The standard InChI is InChI=1S/C16H36NO/c1-4-5-6-7-8-9-10-11-12-14-17(2,3)15-13-16-18/h18H,4-16H2,1-3H3/q+1. The number of aliphatic hydroxyl groups excluding tert-OH is 1. The van der Waals surface area contributed by atoms with E-state index in [2.05, 4.69) is 21.0 Å². The van der Waals surface area contributed by atoms with Crippen molar-refractivity contribution in [1.29, 1.82) is 0 Å². The van der Waals surface area contributed by atoms with Crippen molar-refractivity contribution >= 4 is 0 Å². The lowest BCUT2D eigenvalue weighted by Crippen LogP contribution is -2.41. The fourth-order valence-electron chi connectivity index (χ4n) is 2.46. The molecule has 2 nitrogen and oxygen atoms in total. The van der Waals surface area contributed by atoms with E-state index in [0.29, 0.717) is 6.61 Å². The van der Waals surface area contributed by atoms with E-state index < -0.39 is 0 Å². The van der Waals surface area contributed by atoms with E-state index in [1.165, 1.54) is 64.3 Å². The Morgan fingerprint density at radius 2 is 1.11 bits per heavy atom. The van der Waals surface area contributed by atoms with Crippen molar-refractivity contribution in [3.05, 3.63) is 0 Å². The molecule has 0 aromatic carbocycles. The SMILES string of the molecule is CCCCCCCCCCC[N+](C)(C)CCCO. The van der Waals surface area contributed by atoms with Gasteiger partial charge in [-0.15, -0.1) is 0 Å². The first-order valence-electron chi connectivity index (χ1n) is 8.05. The summed E-state index contributed by atoms with van der Waals surface area (Å²) in [5, 5.41) is 8.85. The van der Waals surface area contributed by atoms with Crippen LogP contribution >= 0.6 is 0 Å². The first-order chi connectivity index (χ1) is 8.62. The zero-order valence-corrected chi connectivity index (χ0v) is 13.1. The Morgan fingerprint density at radius 3 is 1.61 bits per heavy atom. The Morgan fingerprint density at radius 1 is 0.667 bits per heavy atom.